The van der Waals surface area contributed by atoms with Crippen LogP contribution in [0, 0.1) is 23.1 Å². The van der Waals surface area contributed by atoms with Gasteiger partial charge in [-0.1, -0.05) is 35.9 Å². The van der Waals surface area contributed by atoms with Crippen molar-refractivity contribution in [3.8, 4) is 11.8 Å². The van der Waals surface area contributed by atoms with Crippen molar-refractivity contribution in [1.82, 2.24) is 9.88 Å². The van der Waals surface area contributed by atoms with Crippen molar-refractivity contribution in [3.63, 3.8) is 0 Å². The number of hydrogen-bond acceptors (Lipinski definition) is 5. The second kappa shape index (κ2) is 9.16. The summed E-state index contributed by atoms with van der Waals surface area (Å²) in [5.41, 5.74) is 1.12. The Labute approximate surface area is 206 Å². The number of carbonyl (C=O) groups excluding carboxylic acids is 2. The number of nitrogens with zero attached hydrogens (tertiary/aromatic N) is 4. The minimum atomic E-state index is -0.552. The van der Waals surface area contributed by atoms with E-state index in [2.05, 4.69) is 11.1 Å². The van der Waals surface area contributed by atoms with Crippen molar-refractivity contribution >= 4 is 40.0 Å². The van der Waals surface area contributed by atoms with E-state index < -0.39 is 23.8 Å². The molecule has 178 valence electrons. The average Bonchev–Trinajstić information content (AvgIpc) is 2.86. The van der Waals surface area contributed by atoms with Gasteiger partial charge in [-0.25, -0.2) is 14.1 Å². The van der Waals surface area contributed by atoms with Crippen LogP contribution < -0.4 is 9.64 Å². The van der Waals surface area contributed by atoms with E-state index in [-0.39, 0.29) is 29.1 Å². The maximum atomic E-state index is 14.1. The van der Waals surface area contributed by atoms with Crippen LogP contribution in [0.2, 0.25) is 5.02 Å². The van der Waals surface area contributed by atoms with Gasteiger partial charge < -0.3 is 9.64 Å². The van der Waals surface area contributed by atoms with E-state index in [1.165, 1.54) is 29.2 Å². The fourth-order valence-corrected chi connectivity index (χ4v) is 5.67. The first kappa shape index (κ1) is 23.1. The molecule has 35 heavy (non-hydrogen) atoms. The number of methoxy groups -OCH3 is 1. The summed E-state index contributed by atoms with van der Waals surface area (Å²) >= 11 is 6.37. The van der Waals surface area contributed by atoms with Gasteiger partial charge in [-0.05, 0) is 42.9 Å². The van der Waals surface area contributed by atoms with Gasteiger partial charge in [-0.3, -0.25) is 9.78 Å². The molecule has 1 aromatic heterocycles. The molecule has 7 nitrogen and oxygen atoms in total. The molecule has 2 fully saturated rings. The van der Waals surface area contributed by atoms with Crippen molar-refractivity contribution < 1.29 is 18.7 Å². The number of urea groups is 1. The minimum absolute atomic E-state index is 0.0887. The highest BCUT2D eigenvalue weighted by atomic mass is 35.5. The van der Waals surface area contributed by atoms with E-state index >= 15 is 0 Å². The third kappa shape index (κ3) is 3.86. The number of hydrogen-bond donors (Lipinski definition) is 0. The van der Waals surface area contributed by atoms with Gasteiger partial charge in [0, 0.05) is 28.0 Å². The quantitative estimate of drug-likeness (QED) is 0.462. The number of imide groups is 1. The summed E-state index contributed by atoms with van der Waals surface area (Å²) in [7, 11) is 1.39. The van der Waals surface area contributed by atoms with Crippen molar-refractivity contribution in [3.05, 3.63) is 65.2 Å². The molecule has 3 aromatic rings. The first-order chi connectivity index (χ1) is 16.9. The Bertz CT molecular complexity index is 1370. The Morgan fingerprint density at radius 2 is 2.03 bits per heavy atom. The first-order valence-corrected chi connectivity index (χ1v) is 11.7. The third-order valence-electron chi connectivity index (χ3n) is 7.03. The van der Waals surface area contributed by atoms with Crippen LogP contribution in [0.25, 0.3) is 10.8 Å². The van der Waals surface area contributed by atoms with Gasteiger partial charge in [0.25, 0.3) is 0 Å². The molecular weight excluding hydrogens is 471 g/mol. The lowest BCUT2D eigenvalue weighted by Crippen LogP contribution is -2.63. The Balaban J connectivity index is 1.52. The SMILES string of the molecule is COc1cc(C2CCC3C(=O)N(c4cncc5ccccc45)C(=O)N(CC#N)C3C2)c(Cl)cc1F. The molecule has 0 N–H and O–H groups in total. The van der Waals surface area contributed by atoms with E-state index in [1.54, 1.807) is 12.3 Å². The monoisotopic (exact) mass is 492 g/mol. The molecule has 9 heteroatoms. The van der Waals surface area contributed by atoms with Crippen LogP contribution in [0.5, 0.6) is 5.75 Å². The Morgan fingerprint density at radius 1 is 1.23 bits per heavy atom. The zero-order valence-electron chi connectivity index (χ0n) is 18.9. The number of ether oxygens (including phenoxy) is 1. The van der Waals surface area contributed by atoms with E-state index in [0.29, 0.717) is 30.5 Å². The molecule has 2 heterocycles. The van der Waals surface area contributed by atoms with Gasteiger partial charge in [0.2, 0.25) is 5.91 Å². The molecule has 1 saturated heterocycles. The number of halogens is 2. The van der Waals surface area contributed by atoms with E-state index in [9.17, 15) is 19.2 Å². The predicted octanol–water partition coefficient (Wildman–Crippen LogP) is 5.28. The second-order valence-corrected chi connectivity index (χ2v) is 9.22. The van der Waals surface area contributed by atoms with Crippen LogP contribution in [0.4, 0.5) is 14.9 Å². The Morgan fingerprint density at radius 3 is 2.80 bits per heavy atom. The summed E-state index contributed by atoms with van der Waals surface area (Å²) in [6.45, 7) is -0.158. The fourth-order valence-electron chi connectivity index (χ4n) is 5.37. The largest absolute Gasteiger partial charge is 0.494 e. The normalized spacial score (nSPS) is 22.2. The summed E-state index contributed by atoms with van der Waals surface area (Å²) in [6, 6.07) is 11.3. The summed E-state index contributed by atoms with van der Waals surface area (Å²) in [5, 5.41) is 11.3. The molecule has 3 unspecified atom stereocenters. The number of anilines is 1. The standard InChI is InChI=1S/C26H22ClFN4O3/c1-35-24-11-19(20(27)12-21(24)28)15-6-7-18-22(10-15)31(9-8-29)26(34)32(25(18)33)23-14-30-13-16-4-2-3-5-17(16)23/h2-5,11-15,18,22H,6-7,9-10H2,1H3. The molecule has 2 aliphatic rings. The number of carbonyl (C=O) groups is 2. The molecule has 3 atom stereocenters. The molecule has 1 aliphatic carbocycles. The zero-order chi connectivity index (χ0) is 24.7. The smallest absolute Gasteiger partial charge is 0.332 e. The van der Waals surface area contributed by atoms with Crippen molar-refractivity contribution in [2.75, 3.05) is 18.6 Å². The van der Waals surface area contributed by atoms with Crippen LogP contribution in [0.3, 0.4) is 0 Å². The molecule has 2 aromatic carbocycles. The van der Waals surface area contributed by atoms with Crippen LogP contribution in [0.15, 0.2) is 48.8 Å². The highest BCUT2D eigenvalue weighted by Gasteiger charge is 2.50. The number of fused-ring (bicyclic) bond motifs is 2. The zero-order valence-corrected chi connectivity index (χ0v) is 19.7. The Kier molecular flexibility index (Phi) is 6.03. The van der Waals surface area contributed by atoms with E-state index in [0.717, 1.165) is 10.8 Å². The van der Waals surface area contributed by atoms with Gasteiger partial charge in [0.1, 0.15) is 6.54 Å². The number of nitriles is 1. The number of rotatable bonds is 4. The van der Waals surface area contributed by atoms with Crippen molar-refractivity contribution in [2.24, 2.45) is 5.92 Å². The lowest BCUT2D eigenvalue weighted by Gasteiger charge is -2.47. The fraction of sp³-hybridized carbons (Fsp3) is 0.308. The summed E-state index contributed by atoms with van der Waals surface area (Å²) < 4.78 is 19.2. The van der Waals surface area contributed by atoms with Gasteiger partial charge in [0.05, 0.1) is 31.0 Å². The molecule has 0 bridgehead atoms. The molecule has 0 spiro atoms. The van der Waals surface area contributed by atoms with Crippen LogP contribution >= 0.6 is 11.6 Å². The highest BCUT2D eigenvalue weighted by Crippen LogP contribution is 2.45. The van der Waals surface area contributed by atoms with Gasteiger partial charge in [-0.2, -0.15) is 5.26 Å². The number of amides is 3. The van der Waals surface area contributed by atoms with E-state index in [1.807, 2.05) is 24.3 Å². The molecule has 5 rings (SSSR count). The molecule has 1 saturated carbocycles. The topological polar surface area (TPSA) is 86.5 Å². The number of aromatic nitrogens is 1. The molecule has 3 amide bonds. The summed E-state index contributed by atoms with van der Waals surface area (Å²) in [5.74, 6) is -1.36. The van der Waals surface area contributed by atoms with Gasteiger partial charge in [0.15, 0.2) is 11.6 Å². The maximum absolute atomic E-state index is 14.1. The highest BCUT2D eigenvalue weighted by molar-refractivity contribution is 6.31. The summed E-state index contributed by atoms with van der Waals surface area (Å²) in [6.07, 6.45) is 4.74. The van der Waals surface area contributed by atoms with Crippen LogP contribution in [-0.2, 0) is 4.79 Å². The Hall–Kier alpha value is -3.70. The third-order valence-corrected chi connectivity index (χ3v) is 7.36. The lowest BCUT2D eigenvalue weighted by molar-refractivity contribution is -0.126. The van der Waals surface area contributed by atoms with Crippen LogP contribution in [0.1, 0.15) is 30.7 Å². The first-order valence-electron chi connectivity index (χ1n) is 11.3. The van der Waals surface area contributed by atoms with E-state index in [4.69, 9.17) is 16.3 Å². The second-order valence-electron chi connectivity index (χ2n) is 8.81. The van der Waals surface area contributed by atoms with Gasteiger partial charge in [-0.15, -0.1) is 0 Å². The van der Waals surface area contributed by atoms with Crippen molar-refractivity contribution in [2.45, 2.75) is 31.2 Å². The molecular formula is C26H22ClFN4O3. The minimum Gasteiger partial charge on any atom is -0.494 e. The van der Waals surface area contributed by atoms with Crippen molar-refractivity contribution in [1.29, 1.82) is 5.26 Å². The molecule has 1 aliphatic heterocycles. The van der Waals surface area contributed by atoms with Crippen LogP contribution in [-0.4, -0.2) is 41.5 Å². The molecule has 0 radical (unpaired) electrons. The van der Waals surface area contributed by atoms with Gasteiger partial charge >= 0.3 is 6.03 Å². The summed E-state index contributed by atoms with van der Waals surface area (Å²) in [4.78, 5) is 34.2. The number of benzene rings is 2. The number of pyridine rings is 1. The average molecular weight is 493 g/mol. The lowest BCUT2D eigenvalue weighted by atomic mass is 9.73. The maximum Gasteiger partial charge on any atom is 0.332 e. The predicted molar refractivity (Wildman–Crippen MR) is 129 cm³/mol.